The molecule has 0 atom stereocenters. The number of hydrogen-bond donors (Lipinski definition) is 3. The van der Waals surface area contributed by atoms with Gasteiger partial charge in [0.25, 0.3) is 5.91 Å². The number of carbonyl (C=O) groups is 2. The van der Waals surface area contributed by atoms with Crippen LogP contribution in [-0.4, -0.2) is 63.8 Å². The average Bonchev–Trinajstić information content (AvgIpc) is 3.11. The molecule has 2 aromatic rings. The van der Waals surface area contributed by atoms with E-state index in [1.54, 1.807) is 30.1 Å². The Bertz CT molecular complexity index is 801. The Labute approximate surface area is 170 Å². The van der Waals surface area contributed by atoms with Crippen LogP contribution in [0.25, 0.3) is 11.3 Å². The lowest BCUT2D eigenvalue weighted by Gasteiger charge is -2.24. The van der Waals surface area contributed by atoms with E-state index in [4.69, 9.17) is 9.84 Å². The van der Waals surface area contributed by atoms with E-state index in [9.17, 15) is 9.59 Å². The molecule has 2 rings (SSSR count). The first-order valence-corrected chi connectivity index (χ1v) is 9.57. The van der Waals surface area contributed by atoms with Gasteiger partial charge in [-0.15, -0.1) is 5.10 Å². The lowest BCUT2D eigenvalue weighted by Crippen LogP contribution is -2.35. The topological polar surface area (TPSA) is 118 Å². The summed E-state index contributed by atoms with van der Waals surface area (Å²) in [5, 5.41) is 22.4. The number of aryl methyl sites for hydroxylation is 1. The minimum absolute atomic E-state index is 0.0436. The number of rotatable bonds is 11. The van der Waals surface area contributed by atoms with Gasteiger partial charge in [0, 0.05) is 44.3 Å². The zero-order chi connectivity index (χ0) is 21.3. The normalized spacial score (nSPS) is 11.3. The van der Waals surface area contributed by atoms with Gasteiger partial charge in [0.1, 0.15) is 5.69 Å². The number of ether oxygens (including phenoxy) is 1. The van der Waals surface area contributed by atoms with Crippen molar-refractivity contribution in [3.05, 3.63) is 36.0 Å². The van der Waals surface area contributed by atoms with Crippen LogP contribution in [0.1, 0.15) is 37.0 Å². The summed E-state index contributed by atoms with van der Waals surface area (Å²) in [6.45, 7) is 4.73. The summed E-state index contributed by atoms with van der Waals surface area (Å²) in [7, 11) is 1.79. The van der Waals surface area contributed by atoms with Crippen LogP contribution in [0.3, 0.4) is 0 Å². The summed E-state index contributed by atoms with van der Waals surface area (Å²) in [4.78, 5) is 24.0. The van der Waals surface area contributed by atoms with Gasteiger partial charge < -0.3 is 20.5 Å². The van der Waals surface area contributed by atoms with Gasteiger partial charge in [0.2, 0.25) is 5.91 Å². The van der Waals surface area contributed by atoms with Crippen molar-refractivity contribution in [2.45, 2.75) is 32.3 Å². The number of aromatic nitrogens is 3. The van der Waals surface area contributed by atoms with Crippen LogP contribution in [0.2, 0.25) is 0 Å². The van der Waals surface area contributed by atoms with E-state index >= 15 is 0 Å². The van der Waals surface area contributed by atoms with Crippen molar-refractivity contribution in [2.75, 3.05) is 26.3 Å². The molecule has 29 heavy (non-hydrogen) atoms. The number of aliphatic hydroxyl groups is 1. The number of amides is 2. The van der Waals surface area contributed by atoms with Gasteiger partial charge in [-0.05, 0) is 32.4 Å². The molecule has 0 bridgehead atoms. The molecule has 9 heteroatoms. The van der Waals surface area contributed by atoms with Crippen molar-refractivity contribution < 1.29 is 19.4 Å². The predicted molar refractivity (Wildman–Crippen MR) is 108 cm³/mol. The summed E-state index contributed by atoms with van der Waals surface area (Å²) in [6, 6.07) is 7.09. The molecule has 1 aromatic heterocycles. The van der Waals surface area contributed by atoms with Gasteiger partial charge in [-0.2, -0.15) is 0 Å². The molecule has 0 radical (unpaired) electrons. The van der Waals surface area contributed by atoms with Gasteiger partial charge in [-0.3, -0.25) is 14.3 Å². The highest BCUT2D eigenvalue weighted by molar-refractivity contribution is 5.94. The van der Waals surface area contributed by atoms with Gasteiger partial charge >= 0.3 is 0 Å². The van der Waals surface area contributed by atoms with Crippen molar-refractivity contribution in [3.8, 4) is 11.3 Å². The summed E-state index contributed by atoms with van der Waals surface area (Å²) >= 11 is 0. The molecule has 0 spiro atoms. The number of benzene rings is 1. The first-order chi connectivity index (χ1) is 13.8. The van der Waals surface area contributed by atoms with Crippen LogP contribution in [0, 0.1) is 0 Å². The van der Waals surface area contributed by atoms with Gasteiger partial charge in [-0.25, -0.2) is 0 Å². The molecule has 0 fully saturated rings. The molecule has 2 amide bonds. The fourth-order valence-corrected chi connectivity index (χ4v) is 2.60. The summed E-state index contributed by atoms with van der Waals surface area (Å²) < 4.78 is 7.20. The molecule has 0 unspecified atom stereocenters. The Morgan fingerprint density at radius 2 is 1.86 bits per heavy atom. The minimum Gasteiger partial charge on any atom is -0.396 e. The number of nitrogens with one attached hydrogen (secondary N) is 2. The zero-order valence-electron chi connectivity index (χ0n) is 17.1. The quantitative estimate of drug-likeness (QED) is 0.480. The molecule has 3 N–H and O–H groups in total. The monoisotopic (exact) mass is 403 g/mol. The molecule has 0 aliphatic rings. The maximum atomic E-state index is 12.2. The minimum atomic E-state index is -0.453. The molecular formula is C20H29N5O4. The van der Waals surface area contributed by atoms with Crippen LogP contribution in [0.5, 0.6) is 0 Å². The molecule has 1 aromatic carbocycles. The zero-order valence-corrected chi connectivity index (χ0v) is 17.1. The Hall–Kier alpha value is -2.78. The lowest BCUT2D eigenvalue weighted by atomic mass is 10.1. The maximum absolute atomic E-state index is 12.2. The third-order valence-electron chi connectivity index (χ3n) is 4.31. The van der Waals surface area contributed by atoms with E-state index in [1.807, 2.05) is 26.0 Å². The Kier molecular flexibility index (Phi) is 8.29. The SMILES string of the molecule is Cn1cc(-c2ccc(C(=O)NCCNC(=O)CCOC(C)(C)CCO)cc2)nn1. The van der Waals surface area contributed by atoms with Crippen molar-refractivity contribution in [2.24, 2.45) is 7.05 Å². The van der Waals surface area contributed by atoms with E-state index < -0.39 is 5.60 Å². The average molecular weight is 403 g/mol. The van der Waals surface area contributed by atoms with Crippen LogP contribution in [0.15, 0.2) is 30.5 Å². The van der Waals surface area contributed by atoms with Gasteiger partial charge in [0.05, 0.1) is 18.4 Å². The predicted octanol–water partition coefficient (Wildman–Crippen LogP) is 0.896. The Morgan fingerprint density at radius 3 is 2.48 bits per heavy atom. The number of nitrogens with zero attached hydrogens (tertiary/aromatic N) is 3. The third-order valence-corrected chi connectivity index (χ3v) is 4.31. The van der Waals surface area contributed by atoms with Crippen molar-refractivity contribution in [1.29, 1.82) is 0 Å². The largest absolute Gasteiger partial charge is 0.396 e. The highest BCUT2D eigenvalue weighted by atomic mass is 16.5. The number of hydrogen-bond acceptors (Lipinski definition) is 6. The second-order valence-electron chi connectivity index (χ2n) is 7.29. The second kappa shape index (κ2) is 10.7. The van der Waals surface area contributed by atoms with E-state index in [-0.39, 0.29) is 31.4 Å². The molecule has 1 heterocycles. The van der Waals surface area contributed by atoms with E-state index in [0.717, 1.165) is 11.3 Å². The van der Waals surface area contributed by atoms with Crippen LogP contribution in [0.4, 0.5) is 0 Å². The molecule has 158 valence electrons. The fourth-order valence-electron chi connectivity index (χ4n) is 2.60. The van der Waals surface area contributed by atoms with Crippen molar-refractivity contribution >= 4 is 11.8 Å². The van der Waals surface area contributed by atoms with E-state index in [1.165, 1.54) is 0 Å². The van der Waals surface area contributed by atoms with Gasteiger partial charge in [0.15, 0.2) is 0 Å². The van der Waals surface area contributed by atoms with E-state index in [0.29, 0.717) is 25.1 Å². The third kappa shape index (κ3) is 7.63. The highest BCUT2D eigenvalue weighted by Crippen LogP contribution is 2.16. The molecule has 0 aliphatic carbocycles. The second-order valence-corrected chi connectivity index (χ2v) is 7.29. The number of carbonyl (C=O) groups excluding carboxylic acids is 2. The molecular weight excluding hydrogens is 374 g/mol. The number of aliphatic hydroxyl groups excluding tert-OH is 1. The Morgan fingerprint density at radius 1 is 1.17 bits per heavy atom. The highest BCUT2D eigenvalue weighted by Gasteiger charge is 2.17. The van der Waals surface area contributed by atoms with Crippen LogP contribution < -0.4 is 10.6 Å². The fraction of sp³-hybridized carbons (Fsp3) is 0.500. The van der Waals surface area contributed by atoms with Crippen LogP contribution >= 0.6 is 0 Å². The summed E-state index contributed by atoms with van der Waals surface area (Å²) in [5.74, 6) is -0.355. The maximum Gasteiger partial charge on any atom is 0.251 e. The smallest absolute Gasteiger partial charge is 0.251 e. The van der Waals surface area contributed by atoms with Crippen LogP contribution in [-0.2, 0) is 16.6 Å². The Balaban J connectivity index is 1.66. The van der Waals surface area contributed by atoms with E-state index in [2.05, 4.69) is 20.9 Å². The standard InChI is InChI=1S/C20H29N5O4/c1-20(2,9-12-26)29-13-8-18(27)21-10-11-22-19(28)16-6-4-15(5-7-16)17-14-25(3)24-23-17/h4-7,14,26H,8-13H2,1-3H3,(H,21,27)(H,22,28). The van der Waals surface area contributed by atoms with Crippen molar-refractivity contribution in [3.63, 3.8) is 0 Å². The lowest BCUT2D eigenvalue weighted by molar-refractivity contribution is -0.123. The molecule has 0 aliphatic heterocycles. The molecule has 9 nitrogen and oxygen atoms in total. The first kappa shape index (κ1) is 22.5. The summed E-state index contributed by atoms with van der Waals surface area (Å²) in [5.41, 5.74) is 1.70. The van der Waals surface area contributed by atoms with Gasteiger partial charge in [-0.1, -0.05) is 17.3 Å². The summed E-state index contributed by atoms with van der Waals surface area (Å²) in [6.07, 6.45) is 2.55. The first-order valence-electron chi connectivity index (χ1n) is 9.57. The van der Waals surface area contributed by atoms with Crippen molar-refractivity contribution in [1.82, 2.24) is 25.6 Å². The molecule has 0 saturated heterocycles. The molecule has 0 saturated carbocycles.